The molecule has 0 saturated carbocycles. The molecule has 0 aliphatic heterocycles. The topological polar surface area (TPSA) is 47.9 Å². The van der Waals surface area contributed by atoms with Gasteiger partial charge in [0.15, 0.2) is 13.9 Å². The fourth-order valence-corrected chi connectivity index (χ4v) is 4.82. The van der Waals surface area contributed by atoms with E-state index >= 15 is 0 Å². The third-order valence-corrected chi connectivity index (χ3v) is 11.4. The van der Waals surface area contributed by atoms with Crippen molar-refractivity contribution in [3.8, 4) is 0 Å². The minimum Gasteiger partial charge on any atom is -0.458 e. The monoisotopic (exact) mass is 521 g/mol. The highest BCUT2D eigenvalue weighted by Gasteiger charge is 2.42. The van der Waals surface area contributed by atoms with Crippen LogP contribution in [-0.2, 0) is 14.0 Å². The van der Waals surface area contributed by atoms with Crippen molar-refractivity contribution >= 4 is 20.0 Å². The summed E-state index contributed by atoms with van der Waals surface area (Å²) in [4.78, 5) is 19.2. The highest BCUT2D eigenvalue weighted by molar-refractivity contribution is 6.74. The summed E-state index contributed by atoms with van der Waals surface area (Å²) in [6, 6.07) is 20.2. The Morgan fingerprint density at radius 1 is 0.892 bits per heavy atom. The summed E-state index contributed by atoms with van der Waals surface area (Å²) < 4.78 is 12.5. The molecule has 37 heavy (non-hydrogen) atoms. The van der Waals surface area contributed by atoms with Gasteiger partial charge in [-0.1, -0.05) is 93.6 Å². The maximum absolute atomic E-state index is 13.9. The van der Waals surface area contributed by atoms with E-state index in [-0.39, 0.29) is 11.0 Å². The van der Waals surface area contributed by atoms with Gasteiger partial charge in [-0.3, -0.25) is 4.99 Å². The molecule has 0 aliphatic carbocycles. The summed E-state index contributed by atoms with van der Waals surface area (Å²) in [6.45, 7) is 19.5. The predicted molar refractivity (Wildman–Crippen MR) is 159 cm³/mol. The molecular formula is C32H47NO3Si. The summed E-state index contributed by atoms with van der Waals surface area (Å²) in [6.07, 6.45) is 5.70. The van der Waals surface area contributed by atoms with Crippen LogP contribution in [0.1, 0.15) is 78.9 Å². The number of aliphatic imine (C=N–C) groups is 1. The molecule has 1 atom stereocenters. The molecule has 0 heterocycles. The van der Waals surface area contributed by atoms with Crippen LogP contribution in [0.4, 0.5) is 0 Å². The van der Waals surface area contributed by atoms with Gasteiger partial charge >= 0.3 is 5.97 Å². The number of hydrogen-bond acceptors (Lipinski definition) is 4. The summed E-state index contributed by atoms with van der Waals surface area (Å²) in [5, 5.41) is 0.131. The van der Waals surface area contributed by atoms with E-state index in [1.165, 1.54) is 0 Å². The molecule has 0 radical (unpaired) electrons. The Kier molecular flexibility index (Phi) is 10.7. The highest BCUT2D eigenvalue weighted by Crippen LogP contribution is 2.37. The lowest BCUT2D eigenvalue weighted by molar-refractivity contribution is -0.161. The number of carbonyl (C=O) groups is 1. The number of esters is 1. The van der Waals surface area contributed by atoms with Crippen LogP contribution >= 0.6 is 0 Å². The Labute approximate surface area is 226 Å². The number of carbonyl (C=O) groups excluding carboxylic acids is 1. The first-order valence-corrected chi connectivity index (χ1v) is 16.3. The van der Waals surface area contributed by atoms with Gasteiger partial charge in [-0.25, -0.2) is 4.79 Å². The van der Waals surface area contributed by atoms with Gasteiger partial charge in [0.05, 0.1) is 5.71 Å². The van der Waals surface area contributed by atoms with E-state index in [9.17, 15) is 4.79 Å². The summed E-state index contributed by atoms with van der Waals surface area (Å²) in [5.41, 5.74) is 1.05. The first-order valence-electron chi connectivity index (χ1n) is 13.4. The quantitative estimate of drug-likeness (QED) is 0.0981. The number of rotatable bonds is 11. The van der Waals surface area contributed by atoms with Crippen molar-refractivity contribution in [2.45, 2.75) is 97.0 Å². The highest BCUT2D eigenvalue weighted by atomic mass is 28.4. The average Bonchev–Trinajstić information content (AvgIpc) is 2.82. The Bertz CT molecular complexity index is 1010. The smallest absolute Gasteiger partial charge is 0.334 e. The zero-order chi connectivity index (χ0) is 27.7. The van der Waals surface area contributed by atoms with E-state index in [0.29, 0.717) is 25.9 Å². The lowest BCUT2D eigenvalue weighted by Gasteiger charge is -2.37. The van der Waals surface area contributed by atoms with Crippen LogP contribution in [0.3, 0.4) is 0 Å². The van der Waals surface area contributed by atoms with Crippen molar-refractivity contribution < 1.29 is 14.0 Å². The molecule has 202 valence electrons. The minimum atomic E-state index is -1.90. The molecule has 5 heteroatoms. The van der Waals surface area contributed by atoms with Gasteiger partial charge in [0, 0.05) is 24.2 Å². The van der Waals surface area contributed by atoms with Gasteiger partial charge in [-0.05, 0) is 58.7 Å². The lowest BCUT2D eigenvalue weighted by atomic mass is 9.88. The van der Waals surface area contributed by atoms with E-state index in [2.05, 4.69) is 33.9 Å². The Morgan fingerprint density at radius 3 is 1.84 bits per heavy atom. The van der Waals surface area contributed by atoms with Gasteiger partial charge in [0.25, 0.3) is 0 Å². The molecular weight excluding hydrogens is 474 g/mol. The molecule has 0 bridgehead atoms. The van der Waals surface area contributed by atoms with Crippen molar-refractivity contribution in [2.24, 2.45) is 4.99 Å². The van der Waals surface area contributed by atoms with Crippen LogP contribution in [0.2, 0.25) is 18.1 Å². The fraction of sp³-hybridized carbons (Fsp3) is 0.500. The van der Waals surface area contributed by atoms with Crippen molar-refractivity contribution in [2.75, 3.05) is 6.61 Å². The second-order valence-corrected chi connectivity index (χ2v) is 17.0. The SMILES string of the molecule is CC=CCC(CCCO[Si](C)(C)C(C)(C)C)(N=C(c1ccccc1)c1ccccc1)C(=O)OC(C)(C)C. The van der Waals surface area contributed by atoms with E-state index in [4.69, 9.17) is 14.2 Å². The molecule has 2 rings (SSSR count). The van der Waals surface area contributed by atoms with Crippen LogP contribution in [0, 0.1) is 0 Å². The van der Waals surface area contributed by atoms with Crippen molar-refractivity contribution in [3.05, 3.63) is 83.9 Å². The molecule has 0 fully saturated rings. The first-order chi connectivity index (χ1) is 17.2. The van der Waals surface area contributed by atoms with Crippen LogP contribution in [0.15, 0.2) is 77.8 Å². The molecule has 0 saturated heterocycles. The van der Waals surface area contributed by atoms with Gasteiger partial charge < -0.3 is 9.16 Å². The summed E-state index contributed by atoms with van der Waals surface area (Å²) >= 11 is 0. The Hall–Kier alpha value is -2.50. The van der Waals surface area contributed by atoms with Crippen LogP contribution < -0.4 is 0 Å². The minimum absolute atomic E-state index is 0.131. The number of ether oxygens (including phenoxy) is 1. The standard InChI is InChI=1S/C32H47NO3Si/c1-10-11-23-32(29(34)36-30(2,3)4,24-18-25-35-37(8,9)31(5,6)7)33-28(26-19-14-12-15-20-26)27-21-16-13-17-22-27/h10-17,19-22H,18,23-25H2,1-9H3. The Morgan fingerprint density at radius 2 is 1.41 bits per heavy atom. The number of allylic oxidation sites excluding steroid dienone is 1. The lowest BCUT2D eigenvalue weighted by Crippen LogP contribution is -2.44. The molecule has 0 spiro atoms. The summed E-state index contributed by atoms with van der Waals surface area (Å²) in [7, 11) is -1.90. The van der Waals surface area contributed by atoms with Gasteiger partial charge in [0.2, 0.25) is 0 Å². The normalized spacial score (nSPS) is 14.3. The third kappa shape index (κ3) is 9.08. The maximum atomic E-state index is 13.9. The van der Waals surface area contributed by atoms with Crippen molar-refractivity contribution in [3.63, 3.8) is 0 Å². The van der Waals surface area contributed by atoms with E-state index in [1.54, 1.807) is 0 Å². The van der Waals surface area contributed by atoms with E-state index < -0.39 is 19.5 Å². The molecule has 0 N–H and O–H groups in total. The largest absolute Gasteiger partial charge is 0.458 e. The molecule has 2 aromatic carbocycles. The average molecular weight is 522 g/mol. The fourth-order valence-electron chi connectivity index (χ4n) is 3.73. The van der Waals surface area contributed by atoms with Gasteiger partial charge in [-0.2, -0.15) is 0 Å². The first kappa shape index (κ1) is 30.7. The molecule has 0 amide bonds. The third-order valence-electron chi connectivity index (χ3n) is 6.89. The molecule has 0 aromatic heterocycles. The van der Waals surface area contributed by atoms with Crippen LogP contribution in [0.25, 0.3) is 0 Å². The predicted octanol–water partition coefficient (Wildman–Crippen LogP) is 8.37. The van der Waals surface area contributed by atoms with Crippen LogP contribution in [-0.4, -0.2) is 37.7 Å². The summed E-state index contributed by atoms with van der Waals surface area (Å²) in [5.74, 6) is -0.296. The Balaban J connectivity index is 2.59. The van der Waals surface area contributed by atoms with Crippen molar-refractivity contribution in [1.82, 2.24) is 0 Å². The zero-order valence-corrected chi connectivity index (χ0v) is 25.4. The number of benzene rings is 2. The van der Waals surface area contributed by atoms with Crippen LogP contribution in [0.5, 0.6) is 0 Å². The molecule has 4 nitrogen and oxygen atoms in total. The second kappa shape index (κ2) is 12.8. The van der Waals surface area contributed by atoms with Gasteiger partial charge in [-0.15, -0.1) is 0 Å². The second-order valence-electron chi connectivity index (χ2n) is 12.2. The molecule has 2 aromatic rings. The zero-order valence-electron chi connectivity index (χ0n) is 24.4. The van der Waals surface area contributed by atoms with E-state index in [0.717, 1.165) is 16.8 Å². The maximum Gasteiger partial charge on any atom is 0.334 e. The number of nitrogens with zero attached hydrogens (tertiary/aromatic N) is 1. The number of hydrogen-bond donors (Lipinski definition) is 0. The van der Waals surface area contributed by atoms with Crippen molar-refractivity contribution in [1.29, 1.82) is 0 Å². The van der Waals surface area contributed by atoms with Gasteiger partial charge in [0.1, 0.15) is 5.60 Å². The molecule has 1 unspecified atom stereocenters. The van der Waals surface area contributed by atoms with E-state index in [1.807, 2.05) is 101 Å². The molecule has 0 aliphatic rings.